The minimum absolute atomic E-state index is 0.131. The third kappa shape index (κ3) is 4.83. The fraction of sp³-hybridized carbons (Fsp3) is 0.188. The first kappa shape index (κ1) is 17.0. The van der Waals surface area contributed by atoms with Crippen LogP contribution in [-0.2, 0) is 4.79 Å². The monoisotopic (exact) mass is 379 g/mol. The van der Waals surface area contributed by atoms with Gasteiger partial charge in [-0.3, -0.25) is 10.1 Å². The summed E-state index contributed by atoms with van der Waals surface area (Å²) in [5.74, 6) is 1.12. The largest absolute Gasteiger partial charge is 0.403 e. The number of halogens is 1. The minimum Gasteiger partial charge on any atom is -0.403 e. The van der Waals surface area contributed by atoms with Crippen molar-refractivity contribution in [2.24, 2.45) is 0 Å². The summed E-state index contributed by atoms with van der Waals surface area (Å²) in [5, 5.41) is 14.9. The van der Waals surface area contributed by atoms with Crippen LogP contribution in [0.1, 0.15) is 12.8 Å². The molecule has 1 N–H and O–H groups in total. The lowest BCUT2D eigenvalue weighted by Crippen LogP contribution is -2.11. The highest BCUT2D eigenvalue weighted by atomic mass is 35.5. The summed E-state index contributed by atoms with van der Waals surface area (Å²) in [7, 11) is 0. The summed E-state index contributed by atoms with van der Waals surface area (Å²) in [5.41, 5.74) is 0.854. The van der Waals surface area contributed by atoms with Crippen LogP contribution in [0.25, 0.3) is 11.5 Å². The number of rotatable bonds is 7. The maximum Gasteiger partial charge on any atom is 0.322 e. The molecule has 0 fully saturated rings. The van der Waals surface area contributed by atoms with Crippen LogP contribution in [0.3, 0.4) is 0 Å². The molecule has 2 aromatic heterocycles. The molecule has 1 aromatic carbocycles. The highest BCUT2D eigenvalue weighted by Crippen LogP contribution is 2.23. The molecule has 1 amide bonds. The second kappa shape index (κ2) is 8.32. The van der Waals surface area contributed by atoms with E-state index in [1.807, 2.05) is 41.1 Å². The Kier molecular flexibility index (Phi) is 5.90. The molecule has 3 rings (SSSR count). The highest BCUT2D eigenvalue weighted by Gasteiger charge is 2.11. The lowest BCUT2D eigenvalue weighted by atomic mass is 10.3. The second-order valence-electron chi connectivity index (χ2n) is 4.88. The molecule has 24 heavy (non-hydrogen) atoms. The number of hydrogen-bond acceptors (Lipinski definition) is 6. The van der Waals surface area contributed by atoms with E-state index in [0.717, 1.165) is 27.7 Å². The number of nitrogens with one attached hydrogen (secondary N) is 1. The zero-order valence-corrected chi connectivity index (χ0v) is 15.0. The second-order valence-corrected chi connectivity index (χ2v) is 7.26. The predicted molar refractivity (Wildman–Crippen MR) is 97.7 cm³/mol. The van der Waals surface area contributed by atoms with Crippen molar-refractivity contribution in [3.05, 3.63) is 46.1 Å². The number of amides is 1. The van der Waals surface area contributed by atoms with Crippen LogP contribution in [0.5, 0.6) is 0 Å². The van der Waals surface area contributed by atoms with Crippen LogP contribution >= 0.6 is 34.7 Å². The van der Waals surface area contributed by atoms with Gasteiger partial charge in [-0.2, -0.15) is 11.3 Å². The van der Waals surface area contributed by atoms with Gasteiger partial charge in [0.25, 0.3) is 5.89 Å². The molecule has 0 aliphatic heterocycles. The van der Waals surface area contributed by atoms with E-state index in [9.17, 15) is 4.79 Å². The van der Waals surface area contributed by atoms with Crippen molar-refractivity contribution in [1.29, 1.82) is 0 Å². The Hall–Kier alpha value is -1.83. The molecule has 0 atom stereocenters. The zero-order valence-electron chi connectivity index (χ0n) is 12.6. The number of thiophene rings is 1. The van der Waals surface area contributed by atoms with Crippen molar-refractivity contribution in [3.8, 4) is 11.5 Å². The van der Waals surface area contributed by atoms with Crippen LogP contribution in [0.4, 0.5) is 6.01 Å². The van der Waals surface area contributed by atoms with Crippen LogP contribution in [-0.4, -0.2) is 21.9 Å². The van der Waals surface area contributed by atoms with Crippen LogP contribution in [0.15, 0.2) is 50.4 Å². The van der Waals surface area contributed by atoms with Gasteiger partial charge in [-0.25, -0.2) is 0 Å². The predicted octanol–water partition coefficient (Wildman–Crippen LogP) is 4.96. The Morgan fingerprint density at radius 1 is 1.25 bits per heavy atom. The lowest BCUT2D eigenvalue weighted by molar-refractivity contribution is -0.116. The average Bonchev–Trinajstić information content (AvgIpc) is 3.24. The molecule has 0 spiro atoms. The van der Waals surface area contributed by atoms with Crippen molar-refractivity contribution in [2.75, 3.05) is 11.1 Å². The molecule has 2 heterocycles. The summed E-state index contributed by atoms with van der Waals surface area (Å²) < 4.78 is 5.42. The Labute approximate surface area is 152 Å². The molecule has 124 valence electrons. The Bertz CT molecular complexity index is 788. The number of anilines is 1. The highest BCUT2D eigenvalue weighted by molar-refractivity contribution is 7.99. The topological polar surface area (TPSA) is 68.0 Å². The van der Waals surface area contributed by atoms with Gasteiger partial charge >= 0.3 is 6.01 Å². The van der Waals surface area contributed by atoms with E-state index in [1.165, 1.54) is 0 Å². The fourth-order valence-corrected chi connectivity index (χ4v) is 3.52. The number of nitrogens with zero attached hydrogens (tertiary/aromatic N) is 2. The minimum atomic E-state index is -0.132. The summed E-state index contributed by atoms with van der Waals surface area (Å²) in [6.07, 6.45) is 1.15. The summed E-state index contributed by atoms with van der Waals surface area (Å²) in [6.45, 7) is 0. The summed E-state index contributed by atoms with van der Waals surface area (Å²) in [6, 6.07) is 9.67. The van der Waals surface area contributed by atoms with Gasteiger partial charge in [0, 0.05) is 27.3 Å². The zero-order chi connectivity index (χ0) is 16.8. The van der Waals surface area contributed by atoms with Gasteiger partial charge in [0.2, 0.25) is 5.91 Å². The van der Waals surface area contributed by atoms with Gasteiger partial charge in [-0.05, 0) is 47.9 Å². The molecular weight excluding hydrogens is 366 g/mol. The van der Waals surface area contributed by atoms with E-state index >= 15 is 0 Å². The van der Waals surface area contributed by atoms with Gasteiger partial charge in [0.1, 0.15) is 0 Å². The average molecular weight is 380 g/mol. The molecule has 5 nitrogen and oxygen atoms in total. The Morgan fingerprint density at radius 3 is 2.83 bits per heavy atom. The van der Waals surface area contributed by atoms with Gasteiger partial charge in [0.15, 0.2) is 0 Å². The first-order chi connectivity index (χ1) is 11.7. The quantitative estimate of drug-likeness (QED) is 0.464. The maximum atomic E-state index is 11.9. The molecule has 8 heteroatoms. The van der Waals surface area contributed by atoms with Crippen molar-refractivity contribution in [2.45, 2.75) is 17.7 Å². The molecule has 0 saturated carbocycles. The third-order valence-corrected chi connectivity index (χ3v) is 5.10. The molecule has 0 radical (unpaired) electrons. The van der Waals surface area contributed by atoms with E-state index in [2.05, 4.69) is 15.5 Å². The number of carbonyl (C=O) groups is 1. The molecule has 0 aliphatic rings. The fourth-order valence-electron chi connectivity index (χ4n) is 1.91. The standard InChI is InChI=1S/C16H14ClN3O2S2/c17-12-3-5-13(6-4-12)24-8-1-2-14(21)18-16-20-19-15(22-16)11-7-9-23-10-11/h3-7,9-10H,1-2,8H2,(H,18,20,21). The van der Waals surface area contributed by atoms with Crippen molar-refractivity contribution in [3.63, 3.8) is 0 Å². The van der Waals surface area contributed by atoms with Crippen LogP contribution < -0.4 is 5.32 Å². The molecule has 0 saturated heterocycles. The van der Waals surface area contributed by atoms with E-state index in [4.69, 9.17) is 16.0 Å². The van der Waals surface area contributed by atoms with E-state index < -0.39 is 0 Å². The van der Waals surface area contributed by atoms with Gasteiger partial charge in [-0.15, -0.1) is 16.9 Å². The number of aromatic nitrogens is 2. The normalized spacial score (nSPS) is 10.7. The van der Waals surface area contributed by atoms with Gasteiger partial charge in [0.05, 0.1) is 0 Å². The maximum absolute atomic E-state index is 11.9. The summed E-state index contributed by atoms with van der Waals surface area (Å²) >= 11 is 9.08. The first-order valence-electron chi connectivity index (χ1n) is 7.25. The van der Waals surface area contributed by atoms with Gasteiger partial charge < -0.3 is 4.42 Å². The number of benzene rings is 1. The first-order valence-corrected chi connectivity index (χ1v) is 9.55. The number of thioether (sulfide) groups is 1. The van der Waals surface area contributed by atoms with Crippen LogP contribution in [0.2, 0.25) is 5.02 Å². The Balaban J connectivity index is 1.40. The molecule has 0 aliphatic carbocycles. The van der Waals surface area contributed by atoms with Crippen molar-refractivity contribution in [1.82, 2.24) is 10.2 Å². The number of carbonyl (C=O) groups excluding carboxylic acids is 1. The molecular formula is C16H14ClN3O2S2. The van der Waals surface area contributed by atoms with Crippen LogP contribution in [0, 0.1) is 0 Å². The van der Waals surface area contributed by atoms with Crippen molar-refractivity contribution < 1.29 is 9.21 Å². The molecule has 0 unspecified atom stereocenters. The van der Waals surface area contributed by atoms with Crippen molar-refractivity contribution >= 4 is 46.6 Å². The summed E-state index contributed by atoms with van der Waals surface area (Å²) in [4.78, 5) is 13.0. The lowest BCUT2D eigenvalue weighted by Gasteiger charge is -2.02. The molecule has 3 aromatic rings. The Morgan fingerprint density at radius 2 is 2.08 bits per heavy atom. The van der Waals surface area contributed by atoms with E-state index in [-0.39, 0.29) is 11.9 Å². The van der Waals surface area contributed by atoms with E-state index in [1.54, 1.807) is 23.1 Å². The van der Waals surface area contributed by atoms with E-state index in [0.29, 0.717) is 12.3 Å². The molecule has 0 bridgehead atoms. The third-order valence-electron chi connectivity index (χ3n) is 3.07. The number of hydrogen-bond donors (Lipinski definition) is 1. The van der Waals surface area contributed by atoms with Gasteiger partial charge in [-0.1, -0.05) is 16.7 Å². The SMILES string of the molecule is O=C(CCCSc1ccc(Cl)cc1)Nc1nnc(-c2ccsc2)o1. The smallest absolute Gasteiger partial charge is 0.322 e.